The molecule has 6 heteroatoms. The number of nitrogens with one attached hydrogen (secondary N) is 1. The maximum Gasteiger partial charge on any atom is 0.0837 e. The van der Waals surface area contributed by atoms with E-state index in [4.69, 9.17) is 23.2 Å². The summed E-state index contributed by atoms with van der Waals surface area (Å²) in [6.45, 7) is 2.81. The van der Waals surface area contributed by atoms with Gasteiger partial charge >= 0.3 is 0 Å². The van der Waals surface area contributed by atoms with Gasteiger partial charge in [0.25, 0.3) is 0 Å². The van der Waals surface area contributed by atoms with Crippen LogP contribution in [-0.4, -0.2) is 16.8 Å². The van der Waals surface area contributed by atoms with Gasteiger partial charge in [-0.3, -0.25) is 4.68 Å². The Hall–Kier alpha value is -0.550. The van der Waals surface area contributed by atoms with Crippen LogP contribution in [0, 0.1) is 0 Å². The number of aryl methyl sites for hydroxylation is 1. The van der Waals surface area contributed by atoms with E-state index in [9.17, 15) is 0 Å². The minimum absolute atomic E-state index is 0.0402. The third-order valence-corrected chi connectivity index (χ3v) is 4.18. The molecule has 0 aliphatic rings. The normalized spacial score (nSPS) is 12.7. The predicted molar refractivity (Wildman–Crippen MR) is 83.0 cm³/mol. The zero-order valence-electron chi connectivity index (χ0n) is 10.6. The molecule has 0 aliphatic heterocycles. The van der Waals surface area contributed by atoms with Crippen LogP contribution in [0.3, 0.4) is 0 Å². The number of aromatic nitrogens is 2. The molecule has 0 bridgehead atoms. The Morgan fingerprint density at radius 2 is 2.16 bits per heavy atom. The summed E-state index contributed by atoms with van der Waals surface area (Å²) in [5.74, 6) is 0. The number of hydrogen-bond acceptors (Lipinski definition) is 2. The quantitative estimate of drug-likeness (QED) is 0.879. The number of rotatable bonds is 4. The van der Waals surface area contributed by atoms with Crippen molar-refractivity contribution in [2.24, 2.45) is 0 Å². The first-order valence-corrected chi connectivity index (χ1v) is 7.46. The van der Waals surface area contributed by atoms with Gasteiger partial charge in [0.2, 0.25) is 0 Å². The largest absolute Gasteiger partial charge is 0.308 e. The summed E-state index contributed by atoms with van der Waals surface area (Å²) in [4.78, 5) is 0. The first-order chi connectivity index (χ1) is 9.08. The first kappa shape index (κ1) is 14.9. The Balaban J connectivity index is 2.52. The van der Waals surface area contributed by atoms with Gasteiger partial charge in [-0.2, -0.15) is 5.10 Å². The molecule has 19 heavy (non-hydrogen) atoms. The minimum Gasteiger partial charge on any atom is -0.308 e. The van der Waals surface area contributed by atoms with E-state index < -0.39 is 0 Å². The monoisotopic (exact) mass is 361 g/mol. The number of benzene rings is 1. The topological polar surface area (TPSA) is 29.9 Å². The summed E-state index contributed by atoms with van der Waals surface area (Å²) in [5, 5.41) is 8.91. The molecule has 1 aromatic heterocycles. The first-order valence-electron chi connectivity index (χ1n) is 5.91. The van der Waals surface area contributed by atoms with Crippen molar-refractivity contribution in [3.63, 3.8) is 0 Å². The van der Waals surface area contributed by atoms with Crippen LogP contribution in [-0.2, 0) is 6.54 Å². The molecule has 1 heterocycles. The number of hydrogen-bond donors (Lipinski definition) is 1. The Morgan fingerprint density at radius 3 is 2.74 bits per heavy atom. The van der Waals surface area contributed by atoms with Gasteiger partial charge in [-0.25, -0.2) is 0 Å². The smallest absolute Gasteiger partial charge is 0.0837 e. The molecule has 0 saturated carbocycles. The van der Waals surface area contributed by atoms with Crippen LogP contribution in [0.15, 0.2) is 28.9 Å². The molecule has 3 nitrogen and oxygen atoms in total. The molecule has 0 fully saturated rings. The van der Waals surface area contributed by atoms with Gasteiger partial charge in [0, 0.05) is 16.0 Å². The van der Waals surface area contributed by atoms with Gasteiger partial charge in [-0.1, -0.05) is 45.2 Å². The number of nitrogens with zero attached hydrogens (tertiary/aromatic N) is 2. The molecule has 0 saturated heterocycles. The van der Waals surface area contributed by atoms with E-state index >= 15 is 0 Å². The van der Waals surface area contributed by atoms with Gasteiger partial charge in [-0.15, -0.1) is 0 Å². The molecule has 0 spiro atoms. The van der Waals surface area contributed by atoms with E-state index in [0.29, 0.717) is 10.0 Å². The van der Waals surface area contributed by atoms with Gasteiger partial charge < -0.3 is 5.32 Å². The molecular weight excluding hydrogens is 349 g/mol. The molecule has 1 aromatic carbocycles. The summed E-state index contributed by atoms with van der Waals surface area (Å²) < 4.78 is 2.84. The van der Waals surface area contributed by atoms with E-state index in [1.165, 1.54) is 0 Å². The van der Waals surface area contributed by atoms with Gasteiger partial charge in [0.1, 0.15) is 0 Å². The summed E-state index contributed by atoms with van der Waals surface area (Å²) >= 11 is 15.8. The van der Waals surface area contributed by atoms with Crippen molar-refractivity contribution in [2.75, 3.05) is 7.05 Å². The maximum atomic E-state index is 6.27. The third kappa shape index (κ3) is 2.97. The van der Waals surface area contributed by atoms with Crippen LogP contribution in [0.1, 0.15) is 24.2 Å². The molecule has 0 aliphatic carbocycles. The Kier molecular flexibility index (Phi) is 4.90. The molecule has 2 aromatic rings. The summed E-state index contributed by atoms with van der Waals surface area (Å²) in [5.41, 5.74) is 2.03. The standard InChI is InChI=1S/C13H14BrCl2N3/c1-3-19-13(11(16)7-18-19)12(17-2)9-5-4-8(15)6-10(9)14/h4-7,12,17H,3H2,1-2H3. The van der Waals surface area contributed by atoms with Crippen LogP contribution >= 0.6 is 39.1 Å². The van der Waals surface area contributed by atoms with Gasteiger partial charge in [0.15, 0.2) is 0 Å². The maximum absolute atomic E-state index is 6.27. The highest BCUT2D eigenvalue weighted by Gasteiger charge is 2.22. The lowest BCUT2D eigenvalue weighted by molar-refractivity contribution is 0.562. The van der Waals surface area contributed by atoms with Crippen molar-refractivity contribution >= 4 is 39.1 Å². The minimum atomic E-state index is -0.0402. The molecule has 0 radical (unpaired) electrons. The van der Waals surface area contributed by atoms with Gasteiger partial charge in [-0.05, 0) is 31.7 Å². The van der Waals surface area contributed by atoms with Crippen LogP contribution < -0.4 is 5.32 Å². The zero-order chi connectivity index (χ0) is 14.0. The molecule has 1 N–H and O–H groups in total. The molecule has 1 atom stereocenters. The molecule has 1 unspecified atom stereocenters. The highest BCUT2D eigenvalue weighted by Crippen LogP contribution is 2.33. The van der Waals surface area contributed by atoms with Crippen LogP contribution in [0.5, 0.6) is 0 Å². The predicted octanol–water partition coefficient (Wildman–Crippen LogP) is 4.28. The molecule has 0 amide bonds. The third-order valence-electron chi connectivity index (χ3n) is 2.97. The Bertz CT molecular complexity index is 583. The lowest BCUT2D eigenvalue weighted by Crippen LogP contribution is -2.22. The van der Waals surface area contributed by atoms with E-state index in [2.05, 4.69) is 26.3 Å². The average molecular weight is 363 g/mol. The van der Waals surface area contributed by atoms with Crippen molar-refractivity contribution in [2.45, 2.75) is 19.5 Å². The second kappa shape index (κ2) is 6.27. The zero-order valence-corrected chi connectivity index (χ0v) is 13.7. The van der Waals surface area contributed by atoms with Crippen molar-refractivity contribution in [1.82, 2.24) is 15.1 Å². The van der Waals surface area contributed by atoms with Gasteiger partial charge in [0.05, 0.1) is 23.0 Å². The number of halogens is 3. The highest BCUT2D eigenvalue weighted by molar-refractivity contribution is 9.10. The SMILES string of the molecule is CCn1ncc(Cl)c1C(NC)c1ccc(Cl)cc1Br. The van der Waals surface area contributed by atoms with Crippen molar-refractivity contribution in [3.05, 3.63) is 50.2 Å². The lowest BCUT2D eigenvalue weighted by atomic mass is 10.0. The average Bonchev–Trinajstić information content (AvgIpc) is 2.74. The second-order valence-corrected chi connectivity index (χ2v) is 5.78. The lowest BCUT2D eigenvalue weighted by Gasteiger charge is -2.20. The van der Waals surface area contributed by atoms with E-state index in [1.54, 1.807) is 6.20 Å². The summed E-state index contributed by atoms with van der Waals surface area (Å²) in [7, 11) is 1.90. The van der Waals surface area contributed by atoms with Crippen LogP contribution in [0.4, 0.5) is 0 Å². The second-order valence-electron chi connectivity index (χ2n) is 4.08. The fourth-order valence-electron chi connectivity index (χ4n) is 2.09. The van der Waals surface area contributed by atoms with E-state index in [0.717, 1.165) is 22.3 Å². The summed E-state index contributed by atoms with van der Waals surface area (Å²) in [6.07, 6.45) is 1.68. The van der Waals surface area contributed by atoms with Crippen molar-refractivity contribution in [3.8, 4) is 0 Å². The van der Waals surface area contributed by atoms with Crippen LogP contribution in [0.2, 0.25) is 10.0 Å². The highest BCUT2D eigenvalue weighted by atomic mass is 79.9. The van der Waals surface area contributed by atoms with Crippen molar-refractivity contribution in [1.29, 1.82) is 0 Å². The van der Waals surface area contributed by atoms with Crippen molar-refractivity contribution < 1.29 is 0 Å². The fourth-order valence-corrected chi connectivity index (χ4v) is 3.25. The Labute approximate surface area is 131 Å². The van der Waals surface area contributed by atoms with E-state index in [-0.39, 0.29) is 6.04 Å². The molecule has 2 rings (SSSR count). The summed E-state index contributed by atoms with van der Waals surface area (Å²) in [6, 6.07) is 5.69. The molecular formula is C13H14BrCl2N3. The molecule has 102 valence electrons. The Morgan fingerprint density at radius 1 is 1.42 bits per heavy atom. The fraction of sp³-hybridized carbons (Fsp3) is 0.308. The van der Waals surface area contributed by atoms with Crippen LogP contribution in [0.25, 0.3) is 0 Å². The van der Waals surface area contributed by atoms with E-state index in [1.807, 2.05) is 36.9 Å².